The van der Waals surface area contributed by atoms with Gasteiger partial charge in [0.2, 0.25) is 5.91 Å². The van der Waals surface area contributed by atoms with Crippen molar-refractivity contribution in [2.75, 3.05) is 13.1 Å². The highest BCUT2D eigenvalue weighted by Gasteiger charge is 2.80. The monoisotopic (exact) mass is 384 g/mol. The van der Waals surface area contributed by atoms with Gasteiger partial charge >= 0.3 is 0 Å². The fraction of sp³-hybridized carbons (Fsp3) is 0.526. The lowest BCUT2D eigenvalue weighted by atomic mass is 9.94. The van der Waals surface area contributed by atoms with Crippen LogP contribution in [0, 0.1) is 19.8 Å². The first kappa shape index (κ1) is 19.2. The minimum absolute atomic E-state index is 0.299. The van der Waals surface area contributed by atoms with Gasteiger partial charge in [0, 0.05) is 30.4 Å². The van der Waals surface area contributed by atoms with Crippen LogP contribution in [-0.4, -0.2) is 50.1 Å². The quantitative estimate of drug-likeness (QED) is 0.311. The zero-order chi connectivity index (χ0) is 20.6. The number of aryl methyl sites for hydroxylation is 2. The van der Waals surface area contributed by atoms with E-state index in [1.54, 1.807) is 11.2 Å². The summed E-state index contributed by atoms with van der Waals surface area (Å²) in [6.07, 6.45) is 1.74. The molecule has 1 amide bonds. The molecule has 2 aromatic rings. The predicted octanol–water partition coefficient (Wildman–Crippen LogP) is -0.602. The molecule has 28 heavy (non-hydrogen) atoms. The summed E-state index contributed by atoms with van der Waals surface area (Å²) < 4.78 is 0. The van der Waals surface area contributed by atoms with Gasteiger partial charge in [0.15, 0.2) is 0 Å². The minimum Gasteiger partial charge on any atom is -0.322 e. The Hall–Kier alpha value is -2.17. The van der Waals surface area contributed by atoms with Gasteiger partial charge in [-0.15, -0.1) is 0 Å². The highest BCUT2D eigenvalue weighted by molar-refractivity contribution is 5.90. The summed E-state index contributed by atoms with van der Waals surface area (Å²) in [6, 6.07) is 3.94. The van der Waals surface area contributed by atoms with Crippen LogP contribution in [0.5, 0.6) is 0 Å². The number of nitrogens with zero attached hydrogens (tertiary/aromatic N) is 4. The molecule has 2 aromatic heterocycles. The normalized spacial score (nSPS) is 29.8. The van der Waals surface area contributed by atoms with Crippen molar-refractivity contribution >= 4 is 16.8 Å². The number of amides is 1. The number of hydrazine groups is 2. The first-order valence-corrected chi connectivity index (χ1v) is 9.33. The van der Waals surface area contributed by atoms with Crippen LogP contribution in [0.3, 0.4) is 0 Å². The molecular weight excluding hydrogens is 356 g/mol. The van der Waals surface area contributed by atoms with Crippen molar-refractivity contribution in [3.8, 4) is 0 Å². The Kier molecular flexibility index (Phi) is 3.89. The van der Waals surface area contributed by atoms with Crippen LogP contribution in [0.25, 0.3) is 10.9 Å². The molecule has 1 saturated carbocycles. The van der Waals surface area contributed by atoms with Crippen molar-refractivity contribution in [2.45, 2.75) is 44.3 Å². The summed E-state index contributed by atoms with van der Waals surface area (Å²) in [7, 11) is 0. The highest BCUT2D eigenvalue weighted by Crippen LogP contribution is 2.56. The molecule has 3 atom stereocenters. The zero-order valence-electron chi connectivity index (χ0n) is 16.7. The van der Waals surface area contributed by atoms with E-state index < -0.39 is 22.5 Å². The highest BCUT2D eigenvalue weighted by atomic mass is 16.2. The summed E-state index contributed by atoms with van der Waals surface area (Å²) in [5.74, 6) is 11.3. The molecule has 4 rings (SSSR count). The number of nitrogens with two attached hydrogens (primary N) is 4. The Morgan fingerprint density at radius 2 is 1.89 bits per heavy atom. The van der Waals surface area contributed by atoms with Crippen molar-refractivity contribution in [1.82, 2.24) is 20.0 Å². The number of rotatable bonds is 3. The molecule has 8 N–H and O–H groups in total. The smallest absolute Gasteiger partial charge is 0.244 e. The maximum Gasteiger partial charge on any atom is 0.244 e. The number of aromatic nitrogens is 2. The van der Waals surface area contributed by atoms with E-state index in [0.29, 0.717) is 18.8 Å². The topological polar surface area (TPSA) is 153 Å². The van der Waals surface area contributed by atoms with Gasteiger partial charge in [0.25, 0.3) is 0 Å². The summed E-state index contributed by atoms with van der Waals surface area (Å²) in [4.78, 5) is 22.5. The Labute approximate surface area is 164 Å². The Morgan fingerprint density at radius 1 is 1.29 bits per heavy atom. The molecule has 1 aliphatic carbocycles. The van der Waals surface area contributed by atoms with Crippen LogP contribution in [0.15, 0.2) is 18.3 Å². The van der Waals surface area contributed by atoms with Crippen molar-refractivity contribution in [2.24, 2.45) is 29.1 Å². The Morgan fingerprint density at radius 3 is 2.50 bits per heavy atom. The fourth-order valence-corrected chi connectivity index (χ4v) is 4.66. The molecule has 0 spiro atoms. The molecule has 0 aromatic carbocycles. The van der Waals surface area contributed by atoms with Crippen LogP contribution in [0.2, 0.25) is 0 Å². The SMILES string of the molecule is Cc1cc2c(C)ccnc2c(C(C)(C)N(N)C(=O)[C@H]2[C@]3(N)CN(N)C[C@]23N)n1. The zero-order valence-corrected chi connectivity index (χ0v) is 16.7. The lowest BCUT2D eigenvalue weighted by Crippen LogP contribution is -2.54. The van der Waals surface area contributed by atoms with Crippen molar-refractivity contribution in [1.29, 1.82) is 0 Å². The van der Waals surface area contributed by atoms with Gasteiger partial charge in [0.05, 0.1) is 33.7 Å². The predicted molar refractivity (Wildman–Crippen MR) is 106 cm³/mol. The van der Waals surface area contributed by atoms with Crippen LogP contribution in [0.4, 0.5) is 0 Å². The molecule has 2 aliphatic rings. The molecule has 1 aliphatic heterocycles. The number of hydrogen-bond acceptors (Lipinski definition) is 8. The maximum atomic E-state index is 13.3. The van der Waals surface area contributed by atoms with E-state index in [2.05, 4.69) is 9.97 Å². The third-order valence-corrected chi connectivity index (χ3v) is 6.48. The second kappa shape index (κ2) is 5.68. The summed E-state index contributed by atoms with van der Waals surface area (Å²) >= 11 is 0. The second-order valence-corrected chi connectivity index (χ2v) is 8.82. The van der Waals surface area contributed by atoms with E-state index in [9.17, 15) is 4.79 Å². The lowest BCUT2D eigenvalue weighted by Gasteiger charge is -2.36. The van der Waals surface area contributed by atoms with Crippen LogP contribution in [0.1, 0.15) is 30.8 Å². The first-order valence-electron chi connectivity index (χ1n) is 9.33. The molecule has 1 saturated heterocycles. The van der Waals surface area contributed by atoms with Gasteiger partial charge in [0.1, 0.15) is 0 Å². The number of pyridine rings is 2. The minimum atomic E-state index is -0.909. The molecule has 0 bridgehead atoms. The largest absolute Gasteiger partial charge is 0.322 e. The van der Waals surface area contributed by atoms with Gasteiger partial charge in [-0.2, -0.15) is 0 Å². The molecule has 9 nitrogen and oxygen atoms in total. The van der Waals surface area contributed by atoms with E-state index in [0.717, 1.165) is 22.2 Å². The maximum absolute atomic E-state index is 13.3. The molecule has 0 radical (unpaired) electrons. The van der Waals surface area contributed by atoms with Gasteiger partial charge in [-0.05, 0) is 45.4 Å². The number of hydrogen-bond donors (Lipinski definition) is 4. The third-order valence-electron chi connectivity index (χ3n) is 6.48. The number of fused-ring (bicyclic) bond motifs is 2. The van der Waals surface area contributed by atoms with E-state index in [4.69, 9.17) is 23.2 Å². The standard InChI is InChI=1S/C19H28N8O/c1-10-5-6-24-13-12(10)7-11(2)25-15(13)17(3,4)27(23)16(28)14-18(20)8-26(22)9-19(14,18)21/h5-7,14H,8-9,20-23H2,1-4H3/t14-,18+,19-. The van der Waals surface area contributed by atoms with Gasteiger partial charge < -0.3 is 11.5 Å². The Balaban J connectivity index is 1.73. The molecular formula is C19H28N8O. The van der Waals surface area contributed by atoms with Crippen molar-refractivity contribution in [3.05, 3.63) is 35.3 Å². The summed E-state index contributed by atoms with van der Waals surface area (Å²) in [5, 5.41) is 3.76. The molecule has 150 valence electrons. The van der Waals surface area contributed by atoms with E-state index >= 15 is 0 Å². The van der Waals surface area contributed by atoms with Gasteiger partial charge in [-0.3, -0.25) is 25.6 Å². The average molecular weight is 384 g/mol. The fourth-order valence-electron chi connectivity index (χ4n) is 4.66. The molecule has 0 unspecified atom stereocenters. The van der Waals surface area contributed by atoms with E-state index in [1.807, 2.05) is 39.8 Å². The molecule has 9 heteroatoms. The van der Waals surface area contributed by atoms with E-state index in [-0.39, 0.29) is 5.91 Å². The first-order chi connectivity index (χ1) is 12.9. The second-order valence-electron chi connectivity index (χ2n) is 8.82. The molecule has 2 fully saturated rings. The van der Waals surface area contributed by atoms with Crippen LogP contribution < -0.4 is 23.2 Å². The van der Waals surface area contributed by atoms with E-state index in [1.165, 1.54) is 5.01 Å². The van der Waals surface area contributed by atoms with Crippen LogP contribution in [-0.2, 0) is 10.3 Å². The third kappa shape index (κ3) is 2.34. The summed E-state index contributed by atoms with van der Waals surface area (Å²) in [6.45, 7) is 8.37. The number of piperidine rings is 1. The Bertz CT molecular complexity index is 973. The van der Waals surface area contributed by atoms with Crippen molar-refractivity contribution < 1.29 is 4.79 Å². The number of carbonyl (C=O) groups excluding carboxylic acids is 1. The van der Waals surface area contributed by atoms with Crippen LogP contribution >= 0.6 is 0 Å². The number of carbonyl (C=O) groups is 1. The van der Waals surface area contributed by atoms with Gasteiger partial charge in [-0.1, -0.05) is 0 Å². The molecule has 3 heterocycles. The van der Waals surface area contributed by atoms with Gasteiger partial charge in [-0.25, -0.2) is 10.9 Å². The summed E-state index contributed by atoms with van der Waals surface area (Å²) in [5.41, 5.74) is 13.5. The van der Waals surface area contributed by atoms with Crippen molar-refractivity contribution in [3.63, 3.8) is 0 Å². The lowest BCUT2D eigenvalue weighted by molar-refractivity contribution is -0.140. The average Bonchev–Trinajstić information content (AvgIpc) is 2.94.